The van der Waals surface area contributed by atoms with Crippen LogP contribution in [-0.2, 0) is 19.3 Å². The zero-order valence-corrected chi connectivity index (χ0v) is 19.3. The molecule has 1 unspecified atom stereocenters. The summed E-state index contributed by atoms with van der Waals surface area (Å²) in [6.45, 7) is 0. The van der Waals surface area contributed by atoms with E-state index in [1.165, 1.54) is 79.5 Å². The number of aryl methyl sites for hydroxylation is 3. The van der Waals surface area contributed by atoms with E-state index in [1.807, 2.05) is 17.4 Å². The Morgan fingerprint density at radius 3 is 2.62 bits per heavy atom. The molecule has 32 heavy (non-hydrogen) atoms. The van der Waals surface area contributed by atoms with Crippen LogP contribution in [0.15, 0.2) is 42.1 Å². The van der Waals surface area contributed by atoms with Crippen molar-refractivity contribution in [2.24, 2.45) is 0 Å². The Bertz CT molecular complexity index is 1160. The summed E-state index contributed by atoms with van der Waals surface area (Å²) >= 11 is 2.05. The van der Waals surface area contributed by atoms with Crippen molar-refractivity contribution in [3.63, 3.8) is 0 Å². The van der Waals surface area contributed by atoms with Crippen LogP contribution in [0.5, 0.6) is 0 Å². The second-order valence-electron chi connectivity index (χ2n) is 9.40. The molecule has 5 heteroatoms. The SMILES string of the molecule is Nc1nccc(-c2ccc3c(c2)CCCC3NC(=C2CCC2)c2cc3c(s2)CCCC3)n1. The van der Waals surface area contributed by atoms with Crippen molar-refractivity contribution in [2.75, 3.05) is 5.73 Å². The van der Waals surface area contributed by atoms with Gasteiger partial charge in [-0.1, -0.05) is 12.1 Å². The maximum Gasteiger partial charge on any atom is 0.220 e. The molecule has 4 nitrogen and oxygen atoms in total. The normalized spacial score (nSPS) is 19.6. The molecule has 164 valence electrons. The fraction of sp³-hybridized carbons (Fsp3) is 0.407. The molecule has 1 saturated carbocycles. The molecular formula is C27H30N4S. The Morgan fingerprint density at radius 2 is 1.81 bits per heavy atom. The van der Waals surface area contributed by atoms with Crippen LogP contribution in [0.4, 0.5) is 5.95 Å². The van der Waals surface area contributed by atoms with E-state index in [0.29, 0.717) is 12.0 Å². The largest absolute Gasteiger partial charge is 0.377 e. The van der Waals surface area contributed by atoms with Crippen LogP contribution < -0.4 is 11.1 Å². The number of benzene rings is 1. The zero-order chi connectivity index (χ0) is 21.5. The molecule has 2 heterocycles. The maximum absolute atomic E-state index is 5.81. The van der Waals surface area contributed by atoms with Crippen LogP contribution in [0.2, 0.25) is 0 Å². The highest BCUT2D eigenvalue weighted by atomic mass is 32.1. The van der Waals surface area contributed by atoms with Gasteiger partial charge < -0.3 is 11.1 Å². The van der Waals surface area contributed by atoms with Gasteiger partial charge in [-0.3, -0.25) is 0 Å². The van der Waals surface area contributed by atoms with Gasteiger partial charge in [-0.15, -0.1) is 11.3 Å². The van der Waals surface area contributed by atoms with Gasteiger partial charge in [0.1, 0.15) is 0 Å². The van der Waals surface area contributed by atoms with Crippen LogP contribution in [0.1, 0.15) is 77.4 Å². The predicted molar refractivity (Wildman–Crippen MR) is 132 cm³/mol. The third kappa shape index (κ3) is 3.73. The van der Waals surface area contributed by atoms with Gasteiger partial charge in [0.15, 0.2) is 0 Å². The van der Waals surface area contributed by atoms with Crippen LogP contribution in [0.3, 0.4) is 0 Å². The lowest BCUT2D eigenvalue weighted by Crippen LogP contribution is -2.26. The average molecular weight is 443 g/mol. The molecule has 0 radical (unpaired) electrons. The molecule has 0 amide bonds. The first kappa shape index (κ1) is 20.0. The average Bonchev–Trinajstić information content (AvgIpc) is 3.21. The molecule has 3 aliphatic rings. The number of nitrogens with one attached hydrogen (secondary N) is 1. The Labute approximate surface area is 194 Å². The summed E-state index contributed by atoms with van der Waals surface area (Å²) in [6, 6.07) is 11.6. The molecule has 0 saturated heterocycles. The molecule has 1 atom stereocenters. The number of hydrogen-bond acceptors (Lipinski definition) is 5. The van der Waals surface area contributed by atoms with Crippen LogP contribution in [0, 0.1) is 0 Å². The van der Waals surface area contributed by atoms with Crippen LogP contribution in [-0.4, -0.2) is 9.97 Å². The van der Waals surface area contributed by atoms with E-state index < -0.39 is 0 Å². The second-order valence-corrected chi connectivity index (χ2v) is 10.5. The monoisotopic (exact) mass is 442 g/mol. The molecular weight excluding hydrogens is 412 g/mol. The first-order valence-corrected chi connectivity index (χ1v) is 12.9. The molecule has 0 bridgehead atoms. The minimum Gasteiger partial charge on any atom is -0.377 e. The van der Waals surface area contributed by atoms with E-state index in [0.717, 1.165) is 17.7 Å². The standard InChI is InChI=1S/C27H30N4S/c28-27-29-14-13-22(31-27)19-11-12-21-18(15-19)8-4-9-23(21)30-26(17-6-3-7-17)25-16-20-5-1-2-10-24(20)32-25/h11-16,23,30H,1-10H2,(H2,28,29,31). The molecule has 1 aromatic carbocycles. The summed E-state index contributed by atoms with van der Waals surface area (Å²) < 4.78 is 0. The summed E-state index contributed by atoms with van der Waals surface area (Å²) in [7, 11) is 0. The van der Waals surface area contributed by atoms with Gasteiger partial charge in [-0.05, 0) is 105 Å². The van der Waals surface area contributed by atoms with E-state index in [1.54, 1.807) is 22.2 Å². The number of rotatable bonds is 4. The van der Waals surface area contributed by atoms with E-state index in [2.05, 4.69) is 39.6 Å². The topological polar surface area (TPSA) is 63.8 Å². The number of nitrogen functional groups attached to an aromatic ring is 1. The summed E-state index contributed by atoms with van der Waals surface area (Å²) in [4.78, 5) is 11.6. The van der Waals surface area contributed by atoms with Gasteiger partial charge in [-0.2, -0.15) is 0 Å². The molecule has 3 aliphatic carbocycles. The lowest BCUT2D eigenvalue weighted by atomic mass is 9.84. The van der Waals surface area contributed by atoms with Gasteiger partial charge in [0.25, 0.3) is 0 Å². The summed E-state index contributed by atoms with van der Waals surface area (Å²) in [6.07, 6.45) is 14.3. The van der Waals surface area contributed by atoms with Crippen molar-refractivity contribution >= 4 is 23.0 Å². The van der Waals surface area contributed by atoms with Gasteiger partial charge in [0, 0.05) is 16.6 Å². The predicted octanol–water partition coefficient (Wildman–Crippen LogP) is 6.23. The second kappa shape index (κ2) is 8.36. The summed E-state index contributed by atoms with van der Waals surface area (Å²) in [5.41, 5.74) is 15.4. The maximum atomic E-state index is 5.81. The fourth-order valence-electron chi connectivity index (χ4n) is 5.40. The number of allylic oxidation sites excluding steroid dienone is 1. The van der Waals surface area contributed by atoms with E-state index in [-0.39, 0.29) is 0 Å². The van der Waals surface area contributed by atoms with Crippen LogP contribution in [0.25, 0.3) is 17.0 Å². The highest BCUT2D eigenvalue weighted by Crippen LogP contribution is 2.41. The Morgan fingerprint density at radius 1 is 0.938 bits per heavy atom. The number of nitrogens with zero attached hydrogens (tertiary/aromatic N) is 2. The molecule has 0 spiro atoms. The van der Waals surface area contributed by atoms with Gasteiger partial charge >= 0.3 is 0 Å². The van der Waals surface area contributed by atoms with Gasteiger partial charge in [0.2, 0.25) is 5.95 Å². The van der Waals surface area contributed by atoms with Crippen molar-refractivity contribution in [3.05, 3.63) is 68.5 Å². The van der Waals surface area contributed by atoms with Crippen molar-refractivity contribution in [3.8, 4) is 11.3 Å². The highest BCUT2D eigenvalue weighted by molar-refractivity contribution is 7.13. The van der Waals surface area contributed by atoms with Gasteiger partial charge in [0.05, 0.1) is 22.3 Å². The van der Waals surface area contributed by atoms with E-state index in [9.17, 15) is 0 Å². The third-order valence-electron chi connectivity index (χ3n) is 7.30. The summed E-state index contributed by atoms with van der Waals surface area (Å²) in [5.74, 6) is 0.329. The molecule has 1 fully saturated rings. The zero-order valence-electron chi connectivity index (χ0n) is 18.5. The minimum absolute atomic E-state index is 0.329. The molecule has 3 N–H and O–H groups in total. The van der Waals surface area contributed by atoms with Crippen molar-refractivity contribution in [1.82, 2.24) is 15.3 Å². The molecule has 3 aromatic rings. The molecule has 2 aromatic heterocycles. The quantitative estimate of drug-likeness (QED) is 0.503. The van der Waals surface area contributed by atoms with Crippen molar-refractivity contribution < 1.29 is 0 Å². The van der Waals surface area contributed by atoms with Crippen molar-refractivity contribution in [2.45, 2.75) is 70.3 Å². The number of hydrogen-bond donors (Lipinski definition) is 2. The van der Waals surface area contributed by atoms with Crippen molar-refractivity contribution in [1.29, 1.82) is 0 Å². The number of thiophene rings is 1. The third-order valence-corrected chi connectivity index (χ3v) is 8.55. The van der Waals surface area contributed by atoms with Gasteiger partial charge in [-0.25, -0.2) is 9.97 Å². The number of aromatic nitrogens is 2. The Balaban J connectivity index is 1.31. The first-order chi connectivity index (χ1) is 15.7. The summed E-state index contributed by atoms with van der Waals surface area (Å²) in [5, 5.41) is 4.05. The fourth-order valence-corrected chi connectivity index (χ4v) is 6.71. The Hall–Kier alpha value is -2.66. The molecule has 0 aliphatic heterocycles. The van der Waals surface area contributed by atoms with E-state index in [4.69, 9.17) is 5.73 Å². The van der Waals surface area contributed by atoms with E-state index >= 15 is 0 Å². The Kier molecular flexibility index (Phi) is 5.22. The first-order valence-electron chi connectivity index (χ1n) is 12.1. The lowest BCUT2D eigenvalue weighted by Gasteiger charge is -2.31. The molecule has 6 rings (SSSR count). The number of nitrogens with two attached hydrogens (primary N) is 1. The minimum atomic E-state index is 0.329. The lowest BCUT2D eigenvalue weighted by molar-refractivity contribution is 0.515. The highest BCUT2D eigenvalue weighted by Gasteiger charge is 2.26. The smallest absolute Gasteiger partial charge is 0.220 e. The number of anilines is 1. The number of fused-ring (bicyclic) bond motifs is 2. The van der Waals surface area contributed by atoms with Crippen LogP contribution >= 0.6 is 11.3 Å².